The number of hydrogen-bond donors (Lipinski definition) is 1. The number of carbonyl (C=O) groups excluding carboxylic acids is 1. The fourth-order valence-corrected chi connectivity index (χ4v) is 2.45. The molecule has 0 bridgehead atoms. The second-order valence-electron chi connectivity index (χ2n) is 5.87. The van der Waals surface area contributed by atoms with Gasteiger partial charge in [0.1, 0.15) is 12.9 Å². The molecule has 0 saturated carbocycles. The highest BCUT2D eigenvalue weighted by atomic mass is 19.1. The van der Waals surface area contributed by atoms with E-state index in [1.54, 1.807) is 43.3 Å². The molecule has 0 fully saturated rings. The fourth-order valence-electron chi connectivity index (χ4n) is 2.45. The molecule has 134 valence electrons. The minimum Gasteiger partial charge on any atom is -0.488 e. The molecule has 1 aromatic heterocycles. The van der Waals surface area contributed by atoms with Crippen LogP contribution in [0.25, 0.3) is 5.69 Å². The molecule has 0 aliphatic carbocycles. The highest BCUT2D eigenvalue weighted by Crippen LogP contribution is 2.16. The summed E-state index contributed by atoms with van der Waals surface area (Å²) in [5.74, 6) is -0.504. The molecule has 26 heavy (non-hydrogen) atoms. The van der Waals surface area contributed by atoms with Crippen molar-refractivity contribution in [2.45, 2.75) is 19.9 Å². The van der Waals surface area contributed by atoms with Gasteiger partial charge in [-0.2, -0.15) is 0 Å². The lowest BCUT2D eigenvalue weighted by Gasteiger charge is -2.16. The summed E-state index contributed by atoms with van der Waals surface area (Å²) in [5, 5.41) is 13.9. The fraction of sp³-hybridized carbons (Fsp3) is 0.222. The lowest BCUT2D eigenvalue weighted by atomic mass is 10.1. The van der Waals surface area contributed by atoms with Crippen LogP contribution in [0.5, 0.6) is 5.75 Å². The van der Waals surface area contributed by atoms with Gasteiger partial charge in [-0.25, -0.2) is 9.07 Å². The van der Waals surface area contributed by atoms with E-state index in [9.17, 15) is 9.18 Å². The van der Waals surface area contributed by atoms with Gasteiger partial charge >= 0.3 is 0 Å². The van der Waals surface area contributed by atoms with Crippen molar-refractivity contribution >= 4 is 5.91 Å². The maximum atomic E-state index is 13.5. The zero-order valence-corrected chi connectivity index (χ0v) is 14.4. The van der Waals surface area contributed by atoms with Crippen LogP contribution in [0.1, 0.15) is 22.8 Å². The summed E-state index contributed by atoms with van der Waals surface area (Å²) < 4.78 is 20.5. The third kappa shape index (κ3) is 4.02. The van der Waals surface area contributed by atoms with Gasteiger partial charge in [-0.3, -0.25) is 4.79 Å². The van der Waals surface area contributed by atoms with Crippen molar-refractivity contribution in [1.29, 1.82) is 0 Å². The highest BCUT2D eigenvalue weighted by molar-refractivity contribution is 5.94. The first-order valence-corrected chi connectivity index (χ1v) is 8.07. The van der Waals surface area contributed by atoms with Crippen LogP contribution >= 0.6 is 0 Å². The molecular formula is C18H18FN5O2. The molecule has 0 aliphatic heterocycles. The number of amides is 1. The minimum absolute atomic E-state index is 0.161. The third-order valence-corrected chi connectivity index (χ3v) is 3.76. The Balaban J connectivity index is 1.61. The predicted molar refractivity (Wildman–Crippen MR) is 92.7 cm³/mol. The van der Waals surface area contributed by atoms with Crippen LogP contribution < -0.4 is 10.1 Å². The summed E-state index contributed by atoms with van der Waals surface area (Å²) in [7, 11) is 0. The van der Waals surface area contributed by atoms with Crippen molar-refractivity contribution < 1.29 is 13.9 Å². The first kappa shape index (κ1) is 17.5. The second kappa shape index (κ2) is 7.73. The minimum atomic E-state index is -0.431. The molecule has 0 spiro atoms. The van der Waals surface area contributed by atoms with E-state index in [2.05, 4.69) is 20.8 Å². The maximum absolute atomic E-state index is 13.5. The number of tetrazole rings is 1. The van der Waals surface area contributed by atoms with Crippen LogP contribution in [0, 0.1) is 12.7 Å². The Labute approximate surface area is 149 Å². The number of aryl methyl sites for hydroxylation is 1. The highest BCUT2D eigenvalue weighted by Gasteiger charge is 2.13. The van der Waals surface area contributed by atoms with Crippen molar-refractivity contribution in [3.63, 3.8) is 0 Å². The Morgan fingerprint density at radius 3 is 2.81 bits per heavy atom. The Morgan fingerprint density at radius 2 is 2.12 bits per heavy atom. The van der Waals surface area contributed by atoms with Crippen molar-refractivity contribution in [3.05, 3.63) is 65.7 Å². The van der Waals surface area contributed by atoms with Gasteiger partial charge in [-0.15, -0.1) is 5.10 Å². The summed E-state index contributed by atoms with van der Waals surface area (Å²) in [6.45, 7) is 3.83. The average molecular weight is 355 g/mol. The van der Waals surface area contributed by atoms with Gasteiger partial charge in [0.15, 0.2) is 11.6 Å². The molecule has 1 unspecified atom stereocenters. The largest absolute Gasteiger partial charge is 0.488 e. The molecule has 7 nitrogen and oxygen atoms in total. The number of rotatable bonds is 6. The van der Waals surface area contributed by atoms with Gasteiger partial charge in [0.25, 0.3) is 5.91 Å². The molecule has 1 amide bonds. The number of hydrogen-bond acceptors (Lipinski definition) is 5. The van der Waals surface area contributed by atoms with E-state index in [0.717, 1.165) is 11.3 Å². The number of para-hydroxylation sites is 1. The van der Waals surface area contributed by atoms with Crippen LogP contribution in [0.2, 0.25) is 0 Å². The average Bonchev–Trinajstić information content (AvgIpc) is 3.15. The molecule has 1 heterocycles. The van der Waals surface area contributed by atoms with Crippen molar-refractivity contribution in [2.75, 3.05) is 6.61 Å². The van der Waals surface area contributed by atoms with Crippen LogP contribution in [0.3, 0.4) is 0 Å². The zero-order chi connectivity index (χ0) is 18.5. The number of benzene rings is 2. The van der Waals surface area contributed by atoms with Crippen molar-refractivity contribution in [2.24, 2.45) is 0 Å². The van der Waals surface area contributed by atoms with Gasteiger partial charge in [-0.1, -0.05) is 12.1 Å². The third-order valence-electron chi connectivity index (χ3n) is 3.76. The molecule has 3 aromatic rings. The Bertz CT molecular complexity index is 898. The van der Waals surface area contributed by atoms with Crippen LogP contribution in [-0.4, -0.2) is 38.8 Å². The predicted octanol–water partition coefficient (Wildman–Crippen LogP) is 2.31. The number of halogens is 1. The van der Waals surface area contributed by atoms with E-state index < -0.39 is 5.82 Å². The van der Waals surface area contributed by atoms with Crippen LogP contribution in [0.4, 0.5) is 4.39 Å². The van der Waals surface area contributed by atoms with E-state index in [1.807, 2.05) is 6.92 Å². The van der Waals surface area contributed by atoms with E-state index >= 15 is 0 Å². The number of carbonyl (C=O) groups is 1. The summed E-state index contributed by atoms with van der Waals surface area (Å²) in [6, 6.07) is 11.1. The van der Waals surface area contributed by atoms with Crippen molar-refractivity contribution in [1.82, 2.24) is 25.5 Å². The van der Waals surface area contributed by atoms with E-state index in [0.29, 0.717) is 5.56 Å². The molecular weight excluding hydrogens is 337 g/mol. The first-order chi connectivity index (χ1) is 12.5. The van der Waals surface area contributed by atoms with E-state index in [-0.39, 0.29) is 24.3 Å². The summed E-state index contributed by atoms with van der Waals surface area (Å²) in [5.41, 5.74) is 2.17. The normalized spacial score (nSPS) is 11.8. The van der Waals surface area contributed by atoms with E-state index in [1.165, 1.54) is 17.1 Å². The molecule has 3 rings (SSSR count). The van der Waals surface area contributed by atoms with Gasteiger partial charge in [0, 0.05) is 5.56 Å². The summed E-state index contributed by atoms with van der Waals surface area (Å²) >= 11 is 0. The molecule has 0 radical (unpaired) electrons. The SMILES string of the molecule is Cc1cc(C(=O)NC(C)COc2ccccc2F)ccc1-n1cnnn1. The zero-order valence-electron chi connectivity index (χ0n) is 14.4. The Kier molecular flexibility index (Phi) is 5.21. The van der Waals surface area contributed by atoms with Gasteiger partial charge < -0.3 is 10.1 Å². The topological polar surface area (TPSA) is 81.9 Å². The molecule has 2 aromatic carbocycles. The monoisotopic (exact) mass is 355 g/mol. The second-order valence-corrected chi connectivity index (χ2v) is 5.87. The first-order valence-electron chi connectivity index (χ1n) is 8.07. The van der Waals surface area contributed by atoms with Gasteiger partial charge in [0.2, 0.25) is 0 Å². The quantitative estimate of drug-likeness (QED) is 0.734. The van der Waals surface area contributed by atoms with Crippen LogP contribution in [-0.2, 0) is 0 Å². The summed E-state index contributed by atoms with van der Waals surface area (Å²) in [4.78, 5) is 12.4. The molecule has 0 aliphatic rings. The van der Waals surface area contributed by atoms with Gasteiger partial charge in [-0.05, 0) is 60.2 Å². The molecule has 0 saturated heterocycles. The van der Waals surface area contributed by atoms with Gasteiger partial charge in [0.05, 0.1) is 11.7 Å². The molecule has 1 N–H and O–H groups in total. The number of aromatic nitrogens is 4. The smallest absolute Gasteiger partial charge is 0.251 e. The maximum Gasteiger partial charge on any atom is 0.251 e. The van der Waals surface area contributed by atoms with E-state index in [4.69, 9.17) is 4.74 Å². The lowest BCUT2D eigenvalue weighted by Crippen LogP contribution is -2.36. The standard InChI is InChI=1S/C18H18FN5O2/c1-12-9-14(7-8-16(12)24-11-20-22-23-24)18(25)21-13(2)10-26-17-6-4-3-5-15(17)19/h3-9,11,13H,10H2,1-2H3,(H,21,25). The van der Waals surface area contributed by atoms with Crippen molar-refractivity contribution in [3.8, 4) is 11.4 Å². The summed E-state index contributed by atoms with van der Waals surface area (Å²) in [6.07, 6.45) is 1.49. The number of ether oxygens (including phenoxy) is 1. The number of nitrogens with one attached hydrogen (secondary N) is 1. The molecule has 1 atom stereocenters. The Morgan fingerprint density at radius 1 is 1.31 bits per heavy atom. The molecule has 8 heteroatoms. The Hall–Kier alpha value is -3.29. The van der Waals surface area contributed by atoms with Crippen LogP contribution in [0.15, 0.2) is 48.8 Å². The lowest BCUT2D eigenvalue weighted by molar-refractivity contribution is 0.0926. The number of nitrogens with zero attached hydrogens (tertiary/aromatic N) is 4.